The number of hydrogen-bond acceptors (Lipinski definition) is 14. The summed E-state index contributed by atoms with van der Waals surface area (Å²) in [6.45, 7) is 0.245. The molecule has 6 unspecified atom stereocenters. The zero-order valence-corrected chi connectivity index (χ0v) is 25.5. The number of rotatable bonds is 16. The van der Waals surface area contributed by atoms with Crippen molar-refractivity contribution in [2.75, 3.05) is 50.8 Å². The predicted molar refractivity (Wildman–Crippen MR) is 131 cm³/mol. The number of imidazole rings is 1. The summed E-state index contributed by atoms with van der Waals surface area (Å²) in [5, 5.41) is 26.7. The van der Waals surface area contributed by atoms with E-state index in [0.29, 0.717) is 0 Å². The quantitative estimate of drug-likeness (QED) is 0.0293. The van der Waals surface area contributed by atoms with Gasteiger partial charge in [0.1, 0.15) is 38.1 Å². The molecule has 1 aliphatic rings. The Hall–Kier alpha value is -1.57. The number of carbonyl (C=O) groups excluding carboxylic acids is 1. The predicted octanol–water partition coefficient (Wildman–Crippen LogP) is -4.17. The summed E-state index contributed by atoms with van der Waals surface area (Å²) < 4.78 is 44.7. The average molecular weight is 632 g/mol. The first-order valence-electron chi connectivity index (χ1n) is 11.6. The molecular weight excluding hydrogens is 605 g/mol. The van der Waals surface area contributed by atoms with E-state index in [1.807, 2.05) is 0 Å². The first-order valence-corrected chi connectivity index (χ1v) is 15.1. The first kappa shape index (κ1) is 35.6. The standard InChI is InChI=1S/C18H28N8O12P2.Na/c19-25-23-2-4-36-6-5-35-3-1-12(27)24-16-13-17(21-8-20-16)26(9-22-13)18-15(29)14(28)11(38-18)7-37-40(33,34)10-39(30,31)32;/h8-9,11,14-15,18,28-29H,1-7,10H2,(H,33,34)(H2,30,31,32)(H,20,21,24,27);/q;+1/p-1. The molecule has 3 rings (SSSR count). The maximum absolute atomic E-state index is 12.3. The minimum absolute atomic E-state index is 0. The van der Waals surface area contributed by atoms with Gasteiger partial charge in [0, 0.05) is 11.5 Å². The second-order valence-electron chi connectivity index (χ2n) is 8.28. The van der Waals surface area contributed by atoms with Crippen LogP contribution < -0.4 is 39.8 Å². The van der Waals surface area contributed by atoms with Crippen LogP contribution in [-0.2, 0) is 32.7 Å². The van der Waals surface area contributed by atoms with Crippen LogP contribution in [0.4, 0.5) is 5.82 Å². The summed E-state index contributed by atoms with van der Waals surface area (Å²) in [7, 11) is -9.89. The molecule has 20 nitrogen and oxygen atoms in total. The van der Waals surface area contributed by atoms with E-state index >= 15 is 0 Å². The van der Waals surface area contributed by atoms with E-state index in [-0.39, 0.29) is 85.9 Å². The monoisotopic (exact) mass is 632 g/mol. The number of ether oxygens (including phenoxy) is 3. The minimum Gasteiger partial charge on any atom is -0.778 e. The number of hydrogen-bond donors (Lipinski definition) is 5. The van der Waals surface area contributed by atoms with Crippen molar-refractivity contribution in [2.45, 2.75) is 31.0 Å². The van der Waals surface area contributed by atoms with Gasteiger partial charge in [0.15, 0.2) is 23.2 Å². The molecule has 1 saturated heterocycles. The van der Waals surface area contributed by atoms with Crippen molar-refractivity contribution < 1.29 is 87.1 Å². The van der Waals surface area contributed by atoms with Crippen molar-refractivity contribution in [3.8, 4) is 0 Å². The minimum atomic E-state index is -5.11. The van der Waals surface area contributed by atoms with Gasteiger partial charge in [-0.25, -0.2) is 15.0 Å². The number of nitrogens with one attached hydrogen (secondary N) is 1. The van der Waals surface area contributed by atoms with Gasteiger partial charge in [0.25, 0.3) is 0 Å². The molecule has 1 aliphatic heterocycles. The van der Waals surface area contributed by atoms with Crippen LogP contribution in [0.15, 0.2) is 17.8 Å². The smallest absolute Gasteiger partial charge is 0.778 e. The molecule has 0 aromatic carbocycles. The van der Waals surface area contributed by atoms with Gasteiger partial charge in [-0.1, -0.05) is 5.11 Å². The molecule has 0 saturated carbocycles. The molecule has 0 spiro atoms. The van der Waals surface area contributed by atoms with Gasteiger partial charge in [-0.15, -0.1) is 0 Å². The third kappa shape index (κ3) is 10.9. The number of fused-ring (bicyclic) bond motifs is 1. The van der Waals surface area contributed by atoms with E-state index in [0.717, 1.165) is 6.33 Å². The Morgan fingerprint density at radius 3 is 2.56 bits per heavy atom. The Bertz CT molecular complexity index is 1310. The van der Waals surface area contributed by atoms with Crippen LogP contribution in [0, 0.1) is 0 Å². The maximum Gasteiger partial charge on any atom is 1.00 e. The average Bonchev–Trinajstić information content (AvgIpc) is 3.42. The van der Waals surface area contributed by atoms with E-state index in [4.69, 9.17) is 24.6 Å². The van der Waals surface area contributed by atoms with Gasteiger partial charge in [-0.2, -0.15) is 0 Å². The molecule has 2 aromatic rings. The van der Waals surface area contributed by atoms with Crippen molar-refractivity contribution in [3.63, 3.8) is 0 Å². The fourth-order valence-corrected chi connectivity index (χ4v) is 6.03. The molecule has 6 atom stereocenters. The van der Waals surface area contributed by atoms with Crippen molar-refractivity contribution in [1.29, 1.82) is 0 Å². The molecule has 0 aliphatic carbocycles. The van der Waals surface area contributed by atoms with Crippen LogP contribution in [0.1, 0.15) is 12.6 Å². The fourth-order valence-electron chi connectivity index (χ4n) is 3.51. The summed E-state index contributed by atoms with van der Waals surface area (Å²) in [5.74, 6) is -1.93. The SMILES string of the molecule is [N-]=[N+]=NCCOCCOCCC(=O)Nc1ncnc2c1ncn2C1OC(COP(=O)(O)CP(=O)([O-])O)C(O)C1O.[Na+]. The van der Waals surface area contributed by atoms with Gasteiger partial charge in [-0.05, 0) is 5.53 Å². The van der Waals surface area contributed by atoms with Gasteiger partial charge in [0.05, 0.1) is 45.8 Å². The number of nitrogens with zero attached hydrogens (tertiary/aromatic N) is 7. The molecule has 222 valence electrons. The number of amides is 1. The van der Waals surface area contributed by atoms with E-state index in [9.17, 15) is 33.9 Å². The largest absolute Gasteiger partial charge is 1.00 e. The molecule has 41 heavy (non-hydrogen) atoms. The van der Waals surface area contributed by atoms with Crippen molar-refractivity contribution in [3.05, 3.63) is 23.1 Å². The first-order chi connectivity index (χ1) is 18.9. The van der Waals surface area contributed by atoms with Crippen LogP contribution in [0.3, 0.4) is 0 Å². The molecule has 0 radical (unpaired) electrons. The summed E-state index contributed by atoms with van der Waals surface area (Å²) >= 11 is 0. The Morgan fingerprint density at radius 1 is 1.17 bits per heavy atom. The Labute approximate surface area is 254 Å². The van der Waals surface area contributed by atoms with Gasteiger partial charge in [0.2, 0.25) is 5.91 Å². The van der Waals surface area contributed by atoms with Crippen molar-refractivity contribution in [2.24, 2.45) is 5.11 Å². The summed E-state index contributed by atoms with van der Waals surface area (Å²) in [6.07, 6.45) is -3.54. The van der Waals surface area contributed by atoms with Crippen LogP contribution in [0.25, 0.3) is 21.6 Å². The molecular formula is C18H27N8NaO12P2. The van der Waals surface area contributed by atoms with Gasteiger partial charge < -0.3 is 53.5 Å². The fraction of sp³-hybridized carbons (Fsp3) is 0.667. The number of carbonyl (C=O) groups is 1. The number of anilines is 1. The van der Waals surface area contributed by atoms with E-state index in [1.165, 1.54) is 10.9 Å². The molecule has 2 aromatic heterocycles. The maximum atomic E-state index is 12.3. The molecule has 0 bridgehead atoms. The summed E-state index contributed by atoms with van der Waals surface area (Å²) in [6, 6.07) is 0. The number of aromatic nitrogens is 4. The second kappa shape index (κ2) is 16.3. The summed E-state index contributed by atoms with van der Waals surface area (Å²) in [5.41, 5.74) is 8.40. The third-order valence-electron chi connectivity index (χ3n) is 5.27. The molecule has 5 N–H and O–H groups in total. The van der Waals surface area contributed by atoms with Crippen LogP contribution in [-0.4, -0.2) is 109 Å². The van der Waals surface area contributed by atoms with E-state index in [2.05, 4.69) is 34.8 Å². The zero-order valence-electron chi connectivity index (χ0n) is 21.7. The molecule has 3 heterocycles. The Morgan fingerprint density at radius 2 is 1.88 bits per heavy atom. The third-order valence-corrected chi connectivity index (χ3v) is 8.68. The second-order valence-corrected chi connectivity index (χ2v) is 12.2. The van der Waals surface area contributed by atoms with Crippen molar-refractivity contribution in [1.82, 2.24) is 19.5 Å². The Balaban J connectivity index is 0.00000588. The van der Waals surface area contributed by atoms with Crippen LogP contribution in [0.5, 0.6) is 0 Å². The van der Waals surface area contributed by atoms with E-state index in [1.54, 1.807) is 0 Å². The number of aliphatic hydroxyl groups excluding tert-OH is 2. The normalized spacial score (nSPS) is 23.2. The van der Waals surface area contributed by atoms with Crippen LogP contribution in [0.2, 0.25) is 0 Å². The van der Waals surface area contributed by atoms with Gasteiger partial charge in [-0.3, -0.25) is 13.9 Å². The van der Waals surface area contributed by atoms with Crippen LogP contribution >= 0.6 is 15.2 Å². The Kier molecular flexibility index (Phi) is 14.2. The zero-order chi connectivity index (χ0) is 29.3. The van der Waals surface area contributed by atoms with E-state index < -0.39 is 58.1 Å². The topological polar surface area (TPSA) is 296 Å². The molecule has 1 amide bonds. The van der Waals surface area contributed by atoms with Crippen molar-refractivity contribution >= 4 is 38.1 Å². The number of aliphatic hydroxyl groups is 2. The summed E-state index contributed by atoms with van der Waals surface area (Å²) in [4.78, 5) is 56.4. The molecule has 23 heteroatoms. The molecule has 1 fully saturated rings. The van der Waals surface area contributed by atoms with Gasteiger partial charge >= 0.3 is 37.2 Å². The number of azide groups is 1.